The summed E-state index contributed by atoms with van der Waals surface area (Å²) in [5, 5.41) is -0.340. The van der Waals surface area contributed by atoms with Gasteiger partial charge in [0.2, 0.25) is 0 Å². The third-order valence-corrected chi connectivity index (χ3v) is 6.19. The van der Waals surface area contributed by atoms with E-state index in [1.165, 1.54) is 6.42 Å². The van der Waals surface area contributed by atoms with Gasteiger partial charge in [0.1, 0.15) is 11.1 Å². The maximum Gasteiger partial charge on any atom is 0.158 e. The summed E-state index contributed by atoms with van der Waals surface area (Å²) in [7, 11) is -2.93. The molecular formula is C12H18N2O2S. The zero-order valence-corrected chi connectivity index (χ0v) is 10.9. The van der Waals surface area contributed by atoms with E-state index in [1.807, 2.05) is 6.20 Å². The first kappa shape index (κ1) is 11.3. The number of hydrogen-bond acceptors (Lipinski definition) is 3. The summed E-state index contributed by atoms with van der Waals surface area (Å²) in [5.74, 6) is 1.40. The highest BCUT2D eigenvalue weighted by Crippen LogP contribution is 2.35. The minimum absolute atomic E-state index is 0.329. The first-order valence-corrected chi connectivity index (χ1v) is 8.09. The van der Waals surface area contributed by atoms with E-state index in [0.29, 0.717) is 11.8 Å². The van der Waals surface area contributed by atoms with Crippen LogP contribution in [0.5, 0.6) is 0 Å². The summed E-state index contributed by atoms with van der Waals surface area (Å²) < 4.78 is 26.0. The van der Waals surface area contributed by atoms with Crippen LogP contribution in [0.15, 0.2) is 6.20 Å². The molecule has 0 amide bonds. The zero-order chi connectivity index (χ0) is 12.0. The second kappa shape index (κ2) is 3.83. The second-order valence-corrected chi connectivity index (χ2v) is 7.53. The van der Waals surface area contributed by atoms with Crippen LogP contribution in [0.25, 0.3) is 0 Å². The van der Waals surface area contributed by atoms with E-state index in [-0.39, 0.29) is 5.25 Å². The standard InChI is InChI=1S/C12H18N2O2S/c1-9-4-2-6-12-13-10(8-14(9)12)11-5-3-7-17(11,15)16/h8-9,11H,2-7H2,1H3. The molecule has 1 aromatic rings. The minimum atomic E-state index is -2.93. The van der Waals surface area contributed by atoms with Crippen LogP contribution in [0.4, 0.5) is 0 Å². The molecule has 0 radical (unpaired) electrons. The molecule has 2 aliphatic heterocycles. The van der Waals surface area contributed by atoms with Gasteiger partial charge < -0.3 is 4.57 Å². The van der Waals surface area contributed by atoms with Crippen molar-refractivity contribution < 1.29 is 8.42 Å². The molecule has 17 heavy (non-hydrogen) atoms. The summed E-state index contributed by atoms with van der Waals surface area (Å²) in [6.45, 7) is 2.18. The number of aromatic nitrogens is 2. The maximum absolute atomic E-state index is 11.9. The average Bonchev–Trinajstić information content (AvgIpc) is 2.81. The smallest absolute Gasteiger partial charge is 0.158 e. The molecule has 3 heterocycles. The number of rotatable bonds is 1. The molecule has 0 aromatic carbocycles. The molecule has 1 aromatic heterocycles. The molecule has 5 heteroatoms. The Labute approximate surface area is 102 Å². The molecule has 2 atom stereocenters. The molecule has 1 saturated heterocycles. The van der Waals surface area contributed by atoms with Crippen molar-refractivity contribution in [2.24, 2.45) is 0 Å². The fraction of sp³-hybridized carbons (Fsp3) is 0.750. The van der Waals surface area contributed by atoms with Crippen molar-refractivity contribution in [1.29, 1.82) is 0 Å². The lowest BCUT2D eigenvalue weighted by atomic mass is 10.1. The van der Waals surface area contributed by atoms with Crippen molar-refractivity contribution in [1.82, 2.24) is 9.55 Å². The highest BCUT2D eigenvalue weighted by molar-refractivity contribution is 7.91. The molecule has 1 fully saturated rings. The third kappa shape index (κ3) is 1.80. The quantitative estimate of drug-likeness (QED) is 0.770. The zero-order valence-electron chi connectivity index (χ0n) is 10.1. The number of hydrogen-bond donors (Lipinski definition) is 0. The van der Waals surface area contributed by atoms with Gasteiger partial charge >= 0.3 is 0 Å². The van der Waals surface area contributed by atoms with Gasteiger partial charge in [-0.3, -0.25) is 0 Å². The fourth-order valence-corrected chi connectivity index (χ4v) is 4.85. The fourth-order valence-electron chi connectivity index (χ4n) is 2.99. The Morgan fingerprint density at radius 1 is 1.35 bits per heavy atom. The first-order valence-electron chi connectivity index (χ1n) is 6.37. The van der Waals surface area contributed by atoms with E-state index >= 15 is 0 Å². The Bertz CT molecular complexity index is 533. The molecule has 4 nitrogen and oxygen atoms in total. The van der Waals surface area contributed by atoms with Gasteiger partial charge in [-0.1, -0.05) is 0 Å². The van der Waals surface area contributed by atoms with Crippen molar-refractivity contribution in [3.05, 3.63) is 17.7 Å². The molecule has 94 valence electrons. The van der Waals surface area contributed by atoms with Gasteiger partial charge in [-0.15, -0.1) is 0 Å². The molecule has 2 aliphatic rings. The number of nitrogens with zero attached hydrogens (tertiary/aromatic N) is 2. The van der Waals surface area contributed by atoms with Crippen molar-refractivity contribution in [2.45, 2.75) is 50.3 Å². The van der Waals surface area contributed by atoms with E-state index < -0.39 is 9.84 Å². The number of sulfone groups is 1. The second-order valence-electron chi connectivity index (χ2n) is 5.23. The van der Waals surface area contributed by atoms with E-state index in [1.54, 1.807) is 0 Å². The van der Waals surface area contributed by atoms with Crippen LogP contribution < -0.4 is 0 Å². The monoisotopic (exact) mass is 254 g/mol. The van der Waals surface area contributed by atoms with Crippen LogP contribution in [-0.4, -0.2) is 23.7 Å². The van der Waals surface area contributed by atoms with Gasteiger partial charge in [0, 0.05) is 18.7 Å². The summed E-state index contributed by atoms with van der Waals surface area (Å²) in [6.07, 6.45) is 6.82. The predicted molar refractivity (Wildman–Crippen MR) is 65.6 cm³/mol. The molecule has 0 aliphatic carbocycles. The van der Waals surface area contributed by atoms with E-state index in [9.17, 15) is 8.42 Å². The van der Waals surface area contributed by atoms with Crippen molar-refractivity contribution in [2.75, 3.05) is 5.75 Å². The lowest BCUT2D eigenvalue weighted by Crippen LogP contribution is -2.14. The van der Waals surface area contributed by atoms with E-state index in [2.05, 4.69) is 16.5 Å². The molecular weight excluding hydrogens is 236 g/mol. The van der Waals surface area contributed by atoms with Gasteiger partial charge in [-0.25, -0.2) is 13.4 Å². The maximum atomic E-state index is 11.9. The molecule has 0 saturated carbocycles. The largest absolute Gasteiger partial charge is 0.332 e. The highest BCUT2D eigenvalue weighted by atomic mass is 32.2. The Morgan fingerprint density at radius 2 is 2.18 bits per heavy atom. The Hall–Kier alpha value is -0.840. The summed E-state index contributed by atoms with van der Waals surface area (Å²) in [6, 6.07) is 0.462. The van der Waals surface area contributed by atoms with Crippen molar-refractivity contribution in [3.8, 4) is 0 Å². The van der Waals surface area contributed by atoms with Crippen LogP contribution in [0.1, 0.15) is 55.4 Å². The third-order valence-electron chi connectivity index (χ3n) is 3.98. The number of fused-ring (bicyclic) bond motifs is 1. The van der Waals surface area contributed by atoms with Crippen molar-refractivity contribution >= 4 is 9.84 Å². The molecule has 0 N–H and O–H groups in total. The SMILES string of the molecule is CC1CCCc2nc(C3CCCS3(=O)=O)cn21. The highest BCUT2D eigenvalue weighted by Gasteiger charge is 2.35. The minimum Gasteiger partial charge on any atom is -0.332 e. The Balaban J connectivity index is 2.00. The summed E-state index contributed by atoms with van der Waals surface area (Å²) in [4.78, 5) is 4.56. The summed E-state index contributed by atoms with van der Waals surface area (Å²) >= 11 is 0. The summed E-state index contributed by atoms with van der Waals surface area (Å²) in [5.41, 5.74) is 0.784. The average molecular weight is 254 g/mol. The van der Waals surface area contributed by atoms with Gasteiger partial charge in [-0.2, -0.15) is 0 Å². The normalized spacial score (nSPS) is 31.4. The first-order chi connectivity index (χ1) is 8.08. The van der Waals surface area contributed by atoms with Crippen LogP contribution in [0.3, 0.4) is 0 Å². The lowest BCUT2D eigenvalue weighted by molar-refractivity contribution is 0.425. The van der Waals surface area contributed by atoms with E-state index in [0.717, 1.165) is 37.2 Å². The molecule has 2 unspecified atom stereocenters. The van der Waals surface area contributed by atoms with Crippen LogP contribution >= 0.6 is 0 Å². The molecule has 0 spiro atoms. The van der Waals surface area contributed by atoms with Gasteiger partial charge in [0.05, 0.1) is 11.4 Å². The predicted octanol–water partition coefficient (Wildman–Crippen LogP) is 2.03. The Morgan fingerprint density at radius 3 is 2.82 bits per heavy atom. The van der Waals surface area contributed by atoms with Gasteiger partial charge in [0.15, 0.2) is 9.84 Å². The lowest BCUT2D eigenvalue weighted by Gasteiger charge is -2.20. The topological polar surface area (TPSA) is 52.0 Å². The molecule has 0 bridgehead atoms. The molecule has 3 rings (SSSR count). The number of imidazole rings is 1. The van der Waals surface area contributed by atoms with Gasteiger partial charge in [0.25, 0.3) is 0 Å². The van der Waals surface area contributed by atoms with Crippen LogP contribution in [0.2, 0.25) is 0 Å². The van der Waals surface area contributed by atoms with E-state index in [4.69, 9.17) is 0 Å². The van der Waals surface area contributed by atoms with Gasteiger partial charge in [-0.05, 0) is 32.6 Å². The van der Waals surface area contributed by atoms with Crippen LogP contribution in [0, 0.1) is 0 Å². The Kier molecular flexibility index (Phi) is 2.54. The number of aryl methyl sites for hydroxylation is 1. The van der Waals surface area contributed by atoms with Crippen molar-refractivity contribution in [3.63, 3.8) is 0 Å². The van der Waals surface area contributed by atoms with Crippen LogP contribution in [-0.2, 0) is 16.3 Å².